The summed E-state index contributed by atoms with van der Waals surface area (Å²) in [6.45, 7) is 0. The number of anilines is 2. The third kappa shape index (κ3) is 4.94. The molecular formula is C18H18FN5O3. The maximum atomic E-state index is 13.0. The number of nitrogen functional groups attached to an aromatic ring is 1. The van der Waals surface area contributed by atoms with E-state index in [-0.39, 0.29) is 17.7 Å². The average Bonchev–Trinajstić information content (AvgIpc) is 3.10. The van der Waals surface area contributed by atoms with E-state index in [0.717, 1.165) is 11.3 Å². The highest BCUT2D eigenvalue weighted by atomic mass is 19.1. The fourth-order valence-electron chi connectivity index (χ4n) is 2.45. The smallest absolute Gasteiger partial charge is 0.319 e. The Morgan fingerprint density at radius 3 is 2.52 bits per heavy atom. The first kappa shape index (κ1) is 18.2. The molecule has 0 bridgehead atoms. The number of benzene rings is 2. The minimum atomic E-state index is -0.583. The molecule has 2 amide bonds. The van der Waals surface area contributed by atoms with Gasteiger partial charge in [-0.25, -0.2) is 9.18 Å². The number of methoxy groups -OCH3 is 1. The van der Waals surface area contributed by atoms with Crippen LogP contribution in [0.1, 0.15) is 17.4 Å². The van der Waals surface area contributed by atoms with Crippen molar-refractivity contribution >= 4 is 17.7 Å². The number of aromatic nitrogens is 2. The molecule has 3 rings (SSSR count). The van der Waals surface area contributed by atoms with Gasteiger partial charge in [-0.2, -0.15) is 4.98 Å². The number of amides is 2. The van der Waals surface area contributed by atoms with Crippen LogP contribution in [0.2, 0.25) is 0 Å². The first-order chi connectivity index (χ1) is 13.0. The fraction of sp³-hybridized carbons (Fsp3) is 0.167. The number of halogens is 1. The third-order valence-corrected chi connectivity index (χ3v) is 3.78. The zero-order valence-corrected chi connectivity index (χ0v) is 14.5. The van der Waals surface area contributed by atoms with E-state index < -0.39 is 12.1 Å². The molecule has 0 saturated heterocycles. The van der Waals surface area contributed by atoms with E-state index >= 15 is 0 Å². The summed E-state index contributed by atoms with van der Waals surface area (Å²) in [6.07, 6.45) is 0.403. The Balaban J connectivity index is 1.73. The van der Waals surface area contributed by atoms with Crippen LogP contribution in [-0.4, -0.2) is 23.3 Å². The molecular weight excluding hydrogens is 353 g/mol. The number of rotatable bonds is 6. The van der Waals surface area contributed by atoms with Crippen LogP contribution in [-0.2, 0) is 6.42 Å². The van der Waals surface area contributed by atoms with Crippen molar-refractivity contribution in [2.75, 3.05) is 18.2 Å². The lowest BCUT2D eigenvalue weighted by molar-refractivity contribution is 0.247. The molecule has 0 unspecified atom stereocenters. The SMILES string of the molecule is COc1ccc(C[C@H](NC(=O)Nc2ccc(F)cc2)c2noc(N)n2)cc1. The van der Waals surface area contributed by atoms with E-state index in [9.17, 15) is 9.18 Å². The van der Waals surface area contributed by atoms with Gasteiger partial charge in [-0.3, -0.25) is 0 Å². The highest BCUT2D eigenvalue weighted by Crippen LogP contribution is 2.19. The minimum Gasteiger partial charge on any atom is -0.497 e. The van der Waals surface area contributed by atoms with E-state index in [1.807, 2.05) is 24.3 Å². The summed E-state index contributed by atoms with van der Waals surface area (Å²) in [5.41, 5.74) is 6.87. The van der Waals surface area contributed by atoms with E-state index in [4.69, 9.17) is 15.0 Å². The van der Waals surface area contributed by atoms with Gasteiger partial charge < -0.3 is 25.6 Å². The van der Waals surface area contributed by atoms with Crippen molar-refractivity contribution in [3.8, 4) is 5.75 Å². The van der Waals surface area contributed by atoms with Crippen molar-refractivity contribution in [1.29, 1.82) is 0 Å². The van der Waals surface area contributed by atoms with Gasteiger partial charge in [0.15, 0.2) is 5.82 Å². The summed E-state index contributed by atoms with van der Waals surface area (Å²) >= 11 is 0. The molecule has 1 heterocycles. The van der Waals surface area contributed by atoms with Crippen molar-refractivity contribution in [2.24, 2.45) is 0 Å². The first-order valence-corrected chi connectivity index (χ1v) is 8.08. The lowest BCUT2D eigenvalue weighted by atomic mass is 10.1. The maximum absolute atomic E-state index is 13.0. The lowest BCUT2D eigenvalue weighted by Crippen LogP contribution is -2.34. The number of ether oxygens (including phenoxy) is 1. The van der Waals surface area contributed by atoms with Crippen LogP contribution in [0.25, 0.3) is 0 Å². The molecule has 0 spiro atoms. The predicted octanol–water partition coefficient (Wildman–Crippen LogP) is 2.91. The van der Waals surface area contributed by atoms with Crippen molar-refractivity contribution in [1.82, 2.24) is 15.5 Å². The molecule has 0 saturated carbocycles. The summed E-state index contributed by atoms with van der Waals surface area (Å²) in [4.78, 5) is 16.3. The Bertz CT molecular complexity index is 896. The fourth-order valence-corrected chi connectivity index (χ4v) is 2.45. The summed E-state index contributed by atoms with van der Waals surface area (Å²) in [6, 6.07) is 11.6. The summed E-state index contributed by atoms with van der Waals surface area (Å²) < 4.78 is 22.9. The van der Waals surface area contributed by atoms with E-state index in [2.05, 4.69) is 20.8 Å². The van der Waals surface area contributed by atoms with Gasteiger partial charge in [-0.15, -0.1) is 0 Å². The van der Waals surface area contributed by atoms with Crippen molar-refractivity contribution < 1.29 is 18.4 Å². The van der Waals surface area contributed by atoms with Gasteiger partial charge in [0.2, 0.25) is 0 Å². The van der Waals surface area contributed by atoms with Crippen molar-refractivity contribution in [3.63, 3.8) is 0 Å². The Hall–Kier alpha value is -3.62. The summed E-state index contributed by atoms with van der Waals surface area (Å²) in [5, 5.41) is 9.19. The van der Waals surface area contributed by atoms with Crippen molar-refractivity contribution in [2.45, 2.75) is 12.5 Å². The van der Waals surface area contributed by atoms with Gasteiger partial charge in [0.05, 0.1) is 13.2 Å². The van der Waals surface area contributed by atoms with Crippen LogP contribution in [0.3, 0.4) is 0 Å². The first-order valence-electron chi connectivity index (χ1n) is 8.08. The Kier molecular flexibility index (Phi) is 5.50. The van der Waals surface area contributed by atoms with Gasteiger partial charge in [0, 0.05) is 12.1 Å². The van der Waals surface area contributed by atoms with Crippen LogP contribution in [0.5, 0.6) is 5.75 Å². The van der Waals surface area contributed by atoms with E-state index in [0.29, 0.717) is 12.1 Å². The Morgan fingerprint density at radius 2 is 1.93 bits per heavy atom. The molecule has 0 aliphatic heterocycles. The molecule has 0 aliphatic carbocycles. The number of nitrogens with one attached hydrogen (secondary N) is 2. The number of hydrogen-bond donors (Lipinski definition) is 3. The molecule has 0 aliphatic rings. The van der Waals surface area contributed by atoms with Crippen LogP contribution in [0.4, 0.5) is 20.9 Å². The molecule has 0 radical (unpaired) electrons. The maximum Gasteiger partial charge on any atom is 0.319 e. The number of nitrogens with two attached hydrogens (primary N) is 1. The second-order valence-corrected chi connectivity index (χ2v) is 5.70. The Morgan fingerprint density at radius 1 is 1.22 bits per heavy atom. The number of nitrogens with zero attached hydrogens (tertiary/aromatic N) is 2. The number of urea groups is 1. The molecule has 27 heavy (non-hydrogen) atoms. The number of carbonyl (C=O) groups excluding carboxylic acids is 1. The lowest BCUT2D eigenvalue weighted by Gasteiger charge is -2.16. The van der Waals surface area contributed by atoms with Crippen LogP contribution >= 0.6 is 0 Å². The average molecular weight is 371 g/mol. The number of hydrogen-bond acceptors (Lipinski definition) is 6. The molecule has 3 aromatic rings. The van der Waals surface area contributed by atoms with Crippen LogP contribution < -0.4 is 21.1 Å². The molecule has 1 atom stereocenters. The van der Waals surface area contributed by atoms with Gasteiger partial charge >= 0.3 is 12.0 Å². The minimum absolute atomic E-state index is 0.0922. The van der Waals surface area contributed by atoms with Crippen LogP contribution in [0.15, 0.2) is 53.1 Å². The molecule has 2 aromatic carbocycles. The zero-order chi connectivity index (χ0) is 19.2. The predicted molar refractivity (Wildman–Crippen MR) is 96.7 cm³/mol. The topological polar surface area (TPSA) is 115 Å². The standard InChI is InChI=1S/C18H18FN5O3/c1-26-14-8-2-11(3-9-14)10-15(16-23-17(20)27-24-16)22-18(25)21-13-6-4-12(19)5-7-13/h2-9,15H,10H2,1H3,(H2,20,23,24)(H2,21,22,25)/t15-/m0/s1. The van der Waals surface area contributed by atoms with E-state index in [1.165, 1.54) is 24.3 Å². The van der Waals surface area contributed by atoms with Crippen molar-refractivity contribution in [3.05, 3.63) is 65.7 Å². The second-order valence-electron chi connectivity index (χ2n) is 5.70. The van der Waals surface area contributed by atoms with Gasteiger partial charge in [-0.05, 0) is 42.0 Å². The quantitative estimate of drug-likeness (QED) is 0.614. The summed E-state index contributed by atoms with van der Waals surface area (Å²) in [5.74, 6) is 0.583. The largest absolute Gasteiger partial charge is 0.497 e. The molecule has 0 fully saturated rings. The van der Waals surface area contributed by atoms with Gasteiger partial charge in [0.25, 0.3) is 0 Å². The molecule has 9 heteroatoms. The second kappa shape index (κ2) is 8.17. The number of carbonyl (C=O) groups is 1. The molecule has 140 valence electrons. The molecule has 4 N–H and O–H groups in total. The van der Waals surface area contributed by atoms with Gasteiger partial charge in [-0.1, -0.05) is 17.3 Å². The highest BCUT2D eigenvalue weighted by Gasteiger charge is 2.21. The normalized spacial score (nSPS) is 11.6. The zero-order valence-electron chi connectivity index (χ0n) is 14.5. The highest BCUT2D eigenvalue weighted by molar-refractivity contribution is 5.89. The third-order valence-electron chi connectivity index (χ3n) is 3.78. The monoisotopic (exact) mass is 371 g/mol. The molecule has 8 nitrogen and oxygen atoms in total. The molecule has 1 aromatic heterocycles. The summed E-state index contributed by atoms with van der Waals surface area (Å²) in [7, 11) is 1.58. The van der Waals surface area contributed by atoms with Gasteiger partial charge in [0.1, 0.15) is 11.6 Å². The Labute approximate surface area is 154 Å². The van der Waals surface area contributed by atoms with Crippen LogP contribution in [0, 0.1) is 5.82 Å². The van der Waals surface area contributed by atoms with E-state index in [1.54, 1.807) is 7.11 Å².